The van der Waals surface area contributed by atoms with Crippen LogP contribution in [-0.4, -0.2) is 18.4 Å². The van der Waals surface area contributed by atoms with Gasteiger partial charge in [0.15, 0.2) is 0 Å². The fourth-order valence-electron chi connectivity index (χ4n) is 0.868. The molecule has 0 fully saturated rings. The Balaban J connectivity index is 3.46. The van der Waals surface area contributed by atoms with Gasteiger partial charge >= 0.3 is 0 Å². The molecule has 0 aromatic rings. The Bertz CT molecular complexity index is 117. The smallest absolute Gasteiger partial charge is 0.0933 e. The fourth-order valence-corrected chi connectivity index (χ4v) is 0.868. The molecule has 0 atom stereocenters. The minimum Gasteiger partial charge on any atom is -0.372 e. The normalized spacial score (nSPS) is 12.3. The zero-order valence-electron chi connectivity index (χ0n) is 8.15. The summed E-state index contributed by atoms with van der Waals surface area (Å²) in [5.74, 6) is 1.06. The number of aliphatic imine (C=N–C) groups is 1. The molecule has 2 nitrogen and oxygen atoms in total. The molecule has 0 heterocycles. The lowest BCUT2D eigenvalue weighted by Crippen LogP contribution is -2.28. The van der Waals surface area contributed by atoms with Crippen molar-refractivity contribution in [1.29, 1.82) is 0 Å². The van der Waals surface area contributed by atoms with Crippen LogP contribution in [0.25, 0.3) is 0 Å². The molecule has 0 spiro atoms. The summed E-state index contributed by atoms with van der Waals surface area (Å²) < 4.78 is 0. The summed E-state index contributed by atoms with van der Waals surface area (Å²) in [6, 6.07) is 0.500. The zero-order valence-corrected chi connectivity index (χ0v) is 8.15. The second kappa shape index (κ2) is 6.20. The van der Waals surface area contributed by atoms with E-state index in [-0.39, 0.29) is 0 Å². The van der Waals surface area contributed by atoms with Crippen molar-refractivity contribution >= 4 is 5.84 Å². The van der Waals surface area contributed by atoms with Gasteiger partial charge in [-0.1, -0.05) is 13.3 Å². The lowest BCUT2D eigenvalue weighted by molar-refractivity contribution is 0.720. The standard InChI is InChI=1S/C9H20N2/c1-5-6-7-10-9(4)11-8(2)3/h8H,5-7H2,1-4H3,(H,10,11). The molecule has 0 aromatic heterocycles. The number of unbranched alkanes of at least 4 members (excludes halogenated alkanes) is 1. The molecule has 0 aliphatic rings. The maximum Gasteiger partial charge on any atom is 0.0933 e. The lowest BCUT2D eigenvalue weighted by atomic mass is 10.3. The van der Waals surface area contributed by atoms with E-state index in [1.807, 2.05) is 6.92 Å². The molecule has 0 aliphatic carbocycles. The predicted molar refractivity (Wildman–Crippen MR) is 51.2 cm³/mol. The largest absolute Gasteiger partial charge is 0.372 e. The van der Waals surface area contributed by atoms with Crippen LogP contribution in [0.3, 0.4) is 0 Å². The summed E-state index contributed by atoms with van der Waals surface area (Å²) in [6.07, 6.45) is 2.41. The second-order valence-electron chi connectivity index (χ2n) is 3.12. The van der Waals surface area contributed by atoms with E-state index in [2.05, 4.69) is 31.1 Å². The molecule has 0 unspecified atom stereocenters. The van der Waals surface area contributed by atoms with E-state index in [0.29, 0.717) is 6.04 Å². The molecule has 11 heavy (non-hydrogen) atoms. The number of nitrogens with one attached hydrogen (secondary N) is 1. The Kier molecular flexibility index (Phi) is 5.90. The third-order valence-corrected chi connectivity index (χ3v) is 1.36. The van der Waals surface area contributed by atoms with E-state index in [1.54, 1.807) is 0 Å². The van der Waals surface area contributed by atoms with E-state index in [4.69, 9.17) is 0 Å². The van der Waals surface area contributed by atoms with Crippen molar-refractivity contribution in [2.24, 2.45) is 4.99 Å². The molecule has 0 saturated heterocycles. The van der Waals surface area contributed by atoms with E-state index in [0.717, 1.165) is 12.4 Å². The Morgan fingerprint density at radius 1 is 1.45 bits per heavy atom. The van der Waals surface area contributed by atoms with Crippen LogP contribution >= 0.6 is 0 Å². The van der Waals surface area contributed by atoms with Crippen molar-refractivity contribution in [3.63, 3.8) is 0 Å². The molecular weight excluding hydrogens is 136 g/mol. The van der Waals surface area contributed by atoms with Gasteiger partial charge in [0.05, 0.1) is 5.84 Å². The maximum atomic E-state index is 4.36. The van der Waals surface area contributed by atoms with E-state index in [9.17, 15) is 0 Å². The van der Waals surface area contributed by atoms with Gasteiger partial charge in [-0.2, -0.15) is 0 Å². The summed E-state index contributed by atoms with van der Waals surface area (Å²) in [6.45, 7) is 9.41. The topological polar surface area (TPSA) is 24.4 Å². The van der Waals surface area contributed by atoms with E-state index in [1.165, 1.54) is 12.8 Å². The van der Waals surface area contributed by atoms with Crippen LogP contribution in [0.15, 0.2) is 4.99 Å². The first-order valence-corrected chi connectivity index (χ1v) is 4.44. The highest BCUT2D eigenvalue weighted by Crippen LogP contribution is 1.87. The number of rotatable bonds is 4. The van der Waals surface area contributed by atoms with Crippen LogP contribution in [0, 0.1) is 0 Å². The first-order chi connectivity index (χ1) is 5.16. The maximum absolute atomic E-state index is 4.36. The third-order valence-electron chi connectivity index (χ3n) is 1.36. The quantitative estimate of drug-likeness (QED) is 0.376. The van der Waals surface area contributed by atoms with Gasteiger partial charge in [0, 0.05) is 12.6 Å². The Morgan fingerprint density at radius 2 is 2.09 bits per heavy atom. The first-order valence-electron chi connectivity index (χ1n) is 4.44. The van der Waals surface area contributed by atoms with Crippen molar-refractivity contribution in [2.45, 2.75) is 46.6 Å². The van der Waals surface area contributed by atoms with Crippen LogP contribution in [0.5, 0.6) is 0 Å². The van der Waals surface area contributed by atoms with Gasteiger partial charge in [-0.05, 0) is 27.2 Å². The molecule has 0 saturated carbocycles. The highest BCUT2D eigenvalue weighted by atomic mass is 15.0. The number of hydrogen-bond donors (Lipinski definition) is 1. The van der Waals surface area contributed by atoms with Crippen LogP contribution in [-0.2, 0) is 0 Å². The summed E-state index contributed by atoms with van der Waals surface area (Å²) in [4.78, 5) is 4.36. The summed E-state index contributed by atoms with van der Waals surface area (Å²) in [7, 11) is 0. The fraction of sp³-hybridized carbons (Fsp3) is 0.889. The van der Waals surface area contributed by atoms with Crippen molar-refractivity contribution in [2.75, 3.05) is 6.54 Å². The average molecular weight is 156 g/mol. The molecule has 0 aromatic carbocycles. The minimum atomic E-state index is 0.500. The third kappa shape index (κ3) is 7.37. The molecule has 2 heteroatoms. The second-order valence-corrected chi connectivity index (χ2v) is 3.12. The van der Waals surface area contributed by atoms with Gasteiger partial charge in [0.2, 0.25) is 0 Å². The molecule has 0 radical (unpaired) electrons. The Labute approximate surface area is 70.1 Å². The SMILES string of the molecule is CCCC/N=C(\C)NC(C)C. The molecule has 0 aliphatic heterocycles. The van der Waals surface area contributed by atoms with Gasteiger partial charge in [-0.25, -0.2) is 0 Å². The van der Waals surface area contributed by atoms with Gasteiger partial charge in [-0.3, -0.25) is 4.99 Å². The van der Waals surface area contributed by atoms with Crippen LogP contribution in [0.2, 0.25) is 0 Å². The molecule has 0 rings (SSSR count). The lowest BCUT2D eigenvalue weighted by Gasteiger charge is -2.08. The van der Waals surface area contributed by atoms with Crippen molar-refractivity contribution < 1.29 is 0 Å². The Hall–Kier alpha value is -0.530. The number of nitrogens with zero attached hydrogens (tertiary/aromatic N) is 1. The number of hydrogen-bond acceptors (Lipinski definition) is 1. The summed E-state index contributed by atoms with van der Waals surface area (Å²) in [5.41, 5.74) is 0. The zero-order chi connectivity index (χ0) is 8.69. The van der Waals surface area contributed by atoms with Gasteiger partial charge in [0.1, 0.15) is 0 Å². The predicted octanol–water partition coefficient (Wildman–Crippen LogP) is 2.20. The summed E-state index contributed by atoms with van der Waals surface area (Å²) in [5, 5.41) is 3.25. The van der Waals surface area contributed by atoms with E-state index >= 15 is 0 Å². The van der Waals surface area contributed by atoms with Crippen LogP contribution in [0.1, 0.15) is 40.5 Å². The first kappa shape index (κ1) is 10.5. The molecule has 0 bridgehead atoms. The van der Waals surface area contributed by atoms with Gasteiger partial charge in [-0.15, -0.1) is 0 Å². The van der Waals surface area contributed by atoms with Crippen molar-refractivity contribution in [3.8, 4) is 0 Å². The highest BCUT2D eigenvalue weighted by molar-refractivity contribution is 5.79. The van der Waals surface area contributed by atoms with Crippen LogP contribution < -0.4 is 5.32 Å². The van der Waals surface area contributed by atoms with Crippen molar-refractivity contribution in [3.05, 3.63) is 0 Å². The van der Waals surface area contributed by atoms with Crippen molar-refractivity contribution in [1.82, 2.24) is 5.32 Å². The Morgan fingerprint density at radius 3 is 2.55 bits per heavy atom. The monoisotopic (exact) mass is 156 g/mol. The molecule has 66 valence electrons. The molecule has 1 N–H and O–H groups in total. The van der Waals surface area contributed by atoms with Gasteiger partial charge < -0.3 is 5.32 Å². The highest BCUT2D eigenvalue weighted by Gasteiger charge is 1.91. The van der Waals surface area contributed by atoms with Gasteiger partial charge in [0.25, 0.3) is 0 Å². The minimum absolute atomic E-state index is 0.500. The number of amidine groups is 1. The van der Waals surface area contributed by atoms with E-state index < -0.39 is 0 Å². The summed E-state index contributed by atoms with van der Waals surface area (Å²) >= 11 is 0. The van der Waals surface area contributed by atoms with Crippen LogP contribution in [0.4, 0.5) is 0 Å². The molecular formula is C9H20N2. The molecule has 0 amide bonds. The average Bonchev–Trinajstić information content (AvgIpc) is 1.86.